The van der Waals surface area contributed by atoms with Crippen molar-refractivity contribution in [3.63, 3.8) is 0 Å². The van der Waals surface area contributed by atoms with Gasteiger partial charge in [0.15, 0.2) is 0 Å². The first kappa shape index (κ1) is 13.1. The average molecular weight is 250 g/mol. The predicted molar refractivity (Wildman–Crippen MR) is 69.4 cm³/mol. The number of aliphatic carboxylic acids is 1. The van der Waals surface area contributed by atoms with Crippen molar-refractivity contribution in [3.05, 3.63) is 17.5 Å². The molecule has 100 valence electrons. The summed E-state index contributed by atoms with van der Waals surface area (Å²) in [5, 5.41) is 13.7. The number of aryl methyl sites for hydroxylation is 2. The lowest BCUT2D eigenvalue weighted by molar-refractivity contribution is -0.144. The molecule has 0 aliphatic heterocycles. The van der Waals surface area contributed by atoms with E-state index in [-0.39, 0.29) is 11.8 Å². The monoisotopic (exact) mass is 250 g/mol. The van der Waals surface area contributed by atoms with Crippen LogP contribution in [0.4, 0.5) is 0 Å². The molecule has 0 aromatic carbocycles. The highest BCUT2D eigenvalue weighted by molar-refractivity contribution is 5.70. The number of hydrogen-bond acceptors (Lipinski definition) is 2. The highest BCUT2D eigenvalue weighted by Gasteiger charge is 2.31. The number of carboxylic acids is 1. The number of carbonyl (C=O) groups is 1. The van der Waals surface area contributed by atoms with E-state index < -0.39 is 5.97 Å². The second-order valence-corrected chi connectivity index (χ2v) is 5.29. The molecule has 2 rings (SSSR count). The van der Waals surface area contributed by atoms with Crippen molar-refractivity contribution in [1.29, 1.82) is 0 Å². The zero-order valence-electron chi connectivity index (χ0n) is 11.2. The molecule has 2 atom stereocenters. The summed E-state index contributed by atoms with van der Waals surface area (Å²) in [7, 11) is 0. The fraction of sp³-hybridized carbons (Fsp3) is 0.714. The van der Waals surface area contributed by atoms with Crippen LogP contribution in [0.25, 0.3) is 0 Å². The SMILES string of the molecule is CCn1nc(C)cc1CC1CCCCC1C(=O)O. The Kier molecular flexibility index (Phi) is 4.04. The Labute approximate surface area is 108 Å². The van der Waals surface area contributed by atoms with Gasteiger partial charge in [-0.25, -0.2) is 0 Å². The zero-order chi connectivity index (χ0) is 13.1. The van der Waals surface area contributed by atoms with Crippen molar-refractivity contribution >= 4 is 5.97 Å². The van der Waals surface area contributed by atoms with Crippen LogP contribution in [-0.4, -0.2) is 20.9 Å². The van der Waals surface area contributed by atoms with E-state index in [0.29, 0.717) is 0 Å². The van der Waals surface area contributed by atoms with Gasteiger partial charge < -0.3 is 5.11 Å². The summed E-state index contributed by atoms with van der Waals surface area (Å²) in [5.74, 6) is -0.518. The van der Waals surface area contributed by atoms with Gasteiger partial charge in [-0.2, -0.15) is 5.10 Å². The summed E-state index contributed by atoms with van der Waals surface area (Å²) in [6.45, 7) is 4.92. The molecule has 0 spiro atoms. The zero-order valence-corrected chi connectivity index (χ0v) is 11.2. The summed E-state index contributed by atoms with van der Waals surface area (Å²) in [6.07, 6.45) is 4.93. The van der Waals surface area contributed by atoms with Crippen LogP contribution < -0.4 is 0 Å². The molecule has 1 aliphatic rings. The third-order valence-corrected chi connectivity index (χ3v) is 3.98. The summed E-state index contributed by atoms with van der Waals surface area (Å²) in [4.78, 5) is 11.3. The molecule has 1 heterocycles. The summed E-state index contributed by atoms with van der Waals surface area (Å²) < 4.78 is 2.00. The third kappa shape index (κ3) is 2.74. The minimum Gasteiger partial charge on any atom is -0.481 e. The Bertz CT molecular complexity index is 425. The Morgan fingerprint density at radius 3 is 2.89 bits per heavy atom. The number of nitrogens with zero attached hydrogens (tertiary/aromatic N) is 2. The Morgan fingerprint density at radius 2 is 2.22 bits per heavy atom. The molecule has 18 heavy (non-hydrogen) atoms. The van der Waals surface area contributed by atoms with Gasteiger partial charge in [0.1, 0.15) is 0 Å². The van der Waals surface area contributed by atoms with Crippen molar-refractivity contribution < 1.29 is 9.90 Å². The molecule has 0 saturated heterocycles. The van der Waals surface area contributed by atoms with Gasteiger partial charge in [0.2, 0.25) is 0 Å². The standard InChI is InChI=1S/C14H22N2O2/c1-3-16-12(8-10(2)15-16)9-11-6-4-5-7-13(11)14(17)18/h8,11,13H,3-7,9H2,1-2H3,(H,17,18). The fourth-order valence-corrected chi connectivity index (χ4v) is 3.08. The van der Waals surface area contributed by atoms with Crippen molar-refractivity contribution in [1.82, 2.24) is 9.78 Å². The number of rotatable bonds is 4. The molecule has 4 nitrogen and oxygen atoms in total. The highest BCUT2D eigenvalue weighted by Crippen LogP contribution is 2.32. The number of aromatic nitrogens is 2. The van der Waals surface area contributed by atoms with Crippen molar-refractivity contribution in [2.45, 2.75) is 52.5 Å². The van der Waals surface area contributed by atoms with Gasteiger partial charge in [-0.15, -0.1) is 0 Å². The molecule has 1 saturated carbocycles. The van der Waals surface area contributed by atoms with Crippen LogP contribution in [0.15, 0.2) is 6.07 Å². The smallest absolute Gasteiger partial charge is 0.306 e. The van der Waals surface area contributed by atoms with Crippen LogP contribution in [0.3, 0.4) is 0 Å². The molecule has 0 bridgehead atoms. The predicted octanol–water partition coefficient (Wildman–Crippen LogP) is 2.64. The normalized spacial score (nSPS) is 24.1. The van der Waals surface area contributed by atoms with Crippen LogP contribution in [-0.2, 0) is 17.8 Å². The second-order valence-electron chi connectivity index (χ2n) is 5.29. The van der Waals surface area contributed by atoms with E-state index in [1.807, 2.05) is 11.6 Å². The molecule has 1 N–H and O–H groups in total. The Morgan fingerprint density at radius 1 is 1.50 bits per heavy atom. The first-order valence-electron chi connectivity index (χ1n) is 6.88. The lowest BCUT2D eigenvalue weighted by Gasteiger charge is -2.28. The Balaban J connectivity index is 2.13. The molecule has 1 aromatic heterocycles. The molecular weight excluding hydrogens is 228 g/mol. The van der Waals surface area contributed by atoms with Gasteiger partial charge in [0, 0.05) is 12.2 Å². The number of carboxylic acid groups (broad SMARTS) is 1. The lowest BCUT2D eigenvalue weighted by atomic mass is 9.77. The molecule has 1 aromatic rings. The molecule has 0 radical (unpaired) electrons. The summed E-state index contributed by atoms with van der Waals surface area (Å²) >= 11 is 0. The molecule has 2 unspecified atom stereocenters. The van der Waals surface area contributed by atoms with Gasteiger partial charge in [-0.1, -0.05) is 12.8 Å². The minimum atomic E-state index is -0.626. The van der Waals surface area contributed by atoms with Gasteiger partial charge in [0.25, 0.3) is 0 Å². The molecule has 0 amide bonds. The van der Waals surface area contributed by atoms with E-state index in [9.17, 15) is 9.90 Å². The van der Waals surface area contributed by atoms with Crippen LogP contribution in [0.1, 0.15) is 44.0 Å². The van der Waals surface area contributed by atoms with Crippen LogP contribution >= 0.6 is 0 Å². The van der Waals surface area contributed by atoms with E-state index >= 15 is 0 Å². The lowest BCUT2D eigenvalue weighted by Crippen LogP contribution is -2.29. The largest absolute Gasteiger partial charge is 0.481 e. The maximum Gasteiger partial charge on any atom is 0.306 e. The van der Waals surface area contributed by atoms with E-state index in [1.165, 1.54) is 5.69 Å². The van der Waals surface area contributed by atoms with E-state index in [2.05, 4.69) is 18.1 Å². The van der Waals surface area contributed by atoms with Crippen LogP contribution in [0, 0.1) is 18.8 Å². The minimum absolute atomic E-state index is 0.167. The Hall–Kier alpha value is -1.32. The second kappa shape index (κ2) is 5.55. The van der Waals surface area contributed by atoms with Crippen molar-refractivity contribution in [2.75, 3.05) is 0 Å². The maximum absolute atomic E-state index is 11.3. The van der Waals surface area contributed by atoms with Crippen molar-refractivity contribution in [2.24, 2.45) is 11.8 Å². The van der Waals surface area contributed by atoms with Gasteiger partial charge in [-0.05, 0) is 45.1 Å². The van der Waals surface area contributed by atoms with Crippen molar-refractivity contribution in [3.8, 4) is 0 Å². The van der Waals surface area contributed by atoms with E-state index in [1.54, 1.807) is 0 Å². The van der Waals surface area contributed by atoms with E-state index in [4.69, 9.17) is 0 Å². The quantitative estimate of drug-likeness (QED) is 0.893. The maximum atomic E-state index is 11.3. The first-order valence-corrected chi connectivity index (χ1v) is 6.88. The van der Waals surface area contributed by atoms with Gasteiger partial charge >= 0.3 is 5.97 Å². The molecule has 1 fully saturated rings. The van der Waals surface area contributed by atoms with Gasteiger partial charge in [-0.3, -0.25) is 9.48 Å². The highest BCUT2D eigenvalue weighted by atomic mass is 16.4. The molecule has 4 heteroatoms. The summed E-state index contributed by atoms with van der Waals surface area (Å²) in [6, 6.07) is 2.09. The molecule has 1 aliphatic carbocycles. The summed E-state index contributed by atoms with van der Waals surface area (Å²) in [5.41, 5.74) is 2.21. The van der Waals surface area contributed by atoms with Crippen LogP contribution in [0.5, 0.6) is 0 Å². The average Bonchev–Trinajstić information content (AvgIpc) is 2.70. The first-order chi connectivity index (χ1) is 8.61. The van der Waals surface area contributed by atoms with E-state index in [0.717, 1.165) is 44.3 Å². The number of hydrogen-bond donors (Lipinski definition) is 1. The van der Waals surface area contributed by atoms with Crippen LogP contribution in [0.2, 0.25) is 0 Å². The topological polar surface area (TPSA) is 55.1 Å². The van der Waals surface area contributed by atoms with Gasteiger partial charge in [0.05, 0.1) is 11.6 Å². The third-order valence-electron chi connectivity index (χ3n) is 3.98. The fourth-order valence-electron chi connectivity index (χ4n) is 3.08. The molecular formula is C14H22N2O2.